The van der Waals surface area contributed by atoms with E-state index in [4.69, 9.17) is 10.5 Å². The third-order valence-electron chi connectivity index (χ3n) is 5.34. The second-order valence-corrected chi connectivity index (χ2v) is 7.44. The van der Waals surface area contributed by atoms with Gasteiger partial charge >= 0.3 is 0 Å². The van der Waals surface area contributed by atoms with Crippen LogP contribution in [0, 0.1) is 5.92 Å². The summed E-state index contributed by atoms with van der Waals surface area (Å²) < 4.78 is 5.60. The van der Waals surface area contributed by atoms with E-state index in [2.05, 4.69) is 46.4 Å². The second-order valence-electron chi connectivity index (χ2n) is 7.44. The maximum atomic E-state index is 6.02. The SMILES string of the molecule is CC1CCN(Cc2ccccc2CN=C(N)NCC2CCCO2)CC1. The lowest BCUT2D eigenvalue weighted by Crippen LogP contribution is -2.37. The Morgan fingerprint density at radius 1 is 1.24 bits per heavy atom. The van der Waals surface area contributed by atoms with Gasteiger partial charge in [0, 0.05) is 19.7 Å². The van der Waals surface area contributed by atoms with Crippen molar-refractivity contribution < 1.29 is 4.74 Å². The van der Waals surface area contributed by atoms with E-state index < -0.39 is 0 Å². The minimum Gasteiger partial charge on any atom is -0.376 e. The standard InChI is InChI=1S/C20H32N4O/c1-16-8-10-24(11-9-16)15-18-6-3-2-5-17(18)13-22-20(21)23-14-19-7-4-12-25-19/h2-3,5-6,16,19H,4,7-15H2,1H3,(H3,21,22,23). The van der Waals surface area contributed by atoms with Crippen LogP contribution < -0.4 is 11.1 Å². The quantitative estimate of drug-likeness (QED) is 0.615. The van der Waals surface area contributed by atoms with E-state index in [0.29, 0.717) is 12.5 Å². The zero-order valence-electron chi connectivity index (χ0n) is 15.4. The smallest absolute Gasteiger partial charge is 0.189 e. The molecule has 0 bridgehead atoms. The molecule has 1 aromatic carbocycles. The van der Waals surface area contributed by atoms with Gasteiger partial charge in [-0.3, -0.25) is 4.90 Å². The summed E-state index contributed by atoms with van der Waals surface area (Å²) in [7, 11) is 0. The predicted molar refractivity (Wildman–Crippen MR) is 102 cm³/mol. The molecular formula is C20H32N4O. The molecule has 5 nitrogen and oxygen atoms in total. The van der Waals surface area contributed by atoms with E-state index in [1.165, 1.54) is 37.1 Å². The molecule has 25 heavy (non-hydrogen) atoms. The number of nitrogens with zero attached hydrogens (tertiary/aromatic N) is 2. The van der Waals surface area contributed by atoms with Crippen molar-refractivity contribution >= 4 is 5.96 Å². The summed E-state index contributed by atoms with van der Waals surface area (Å²) in [4.78, 5) is 7.09. The highest BCUT2D eigenvalue weighted by Gasteiger charge is 2.17. The highest BCUT2D eigenvalue weighted by molar-refractivity contribution is 5.77. The first-order valence-corrected chi connectivity index (χ1v) is 9.65. The molecule has 0 amide bonds. The average molecular weight is 345 g/mol. The molecular weight excluding hydrogens is 312 g/mol. The van der Waals surface area contributed by atoms with Gasteiger partial charge in [0.25, 0.3) is 0 Å². The van der Waals surface area contributed by atoms with Crippen LogP contribution in [0.4, 0.5) is 0 Å². The summed E-state index contributed by atoms with van der Waals surface area (Å²) >= 11 is 0. The van der Waals surface area contributed by atoms with E-state index in [1.54, 1.807) is 0 Å². The number of rotatable bonds is 6. The maximum absolute atomic E-state index is 6.02. The molecule has 2 saturated heterocycles. The van der Waals surface area contributed by atoms with Gasteiger partial charge in [-0.2, -0.15) is 0 Å². The fraction of sp³-hybridized carbons (Fsp3) is 0.650. The number of benzene rings is 1. The molecule has 1 unspecified atom stereocenters. The van der Waals surface area contributed by atoms with Crippen molar-refractivity contribution in [2.45, 2.75) is 51.8 Å². The van der Waals surface area contributed by atoms with Crippen LogP contribution in [0.3, 0.4) is 0 Å². The first kappa shape index (κ1) is 18.2. The first-order valence-electron chi connectivity index (χ1n) is 9.65. The van der Waals surface area contributed by atoms with Gasteiger partial charge in [0.15, 0.2) is 5.96 Å². The number of ether oxygens (including phenoxy) is 1. The first-order chi connectivity index (χ1) is 12.2. The topological polar surface area (TPSA) is 62.9 Å². The molecule has 1 aromatic rings. The van der Waals surface area contributed by atoms with Crippen LogP contribution in [-0.4, -0.2) is 43.2 Å². The van der Waals surface area contributed by atoms with Crippen molar-refractivity contribution in [2.24, 2.45) is 16.6 Å². The van der Waals surface area contributed by atoms with Crippen LogP contribution in [0.15, 0.2) is 29.3 Å². The molecule has 3 N–H and O–H groups in total. The van der Waals surface area contributed by atoms with Gasteiger partial charge in [-0.05, 0) is 55.8 Å². The van der Waals surface area contributed by atoms with Crippen LogP contribution in [0.1, 0.15) is 43.7 Å². The van der Waals surface area contributed by atoms with Crippen molar-refractivity contribution in [1.82, 2.24) is 10.2 Å². The Morgan fingerprint density at radius 2 is 2.00 bits per heavy atom. The van der Waals surface area contributed by atoms with E-state index in [0.717, 1.165) is 38.5 Å². The number of aliphatic imine (C=N–C) groups is 1. The molecule has 3 rings (SSSR count). The number of guanidine groups is 1. The molecule has 1 atom stereocenters. The summed E-state index contributed by atoms with van der Waals surface area (Å²) in [5, 5.41) is 3.19. The highest BCUT2D eigenvalue weighted by Crippen LogP contribution is 2.20. The van der Waals surface area contributed by atoms with Crippen molar-refractivity contribution in [1.29, 1.82) is 0 Å². The Hall–Kier alpha value is -1.59. The van der Waals surface area contributed by atoms with E-state index in [9.17, 15) is 0 Å². The van der Waals surface area contributed by atoms with Gasteiger partial charge in [0.1, 0.15) is 0 Å². The number of hydrogen-bond acceptors (Lipinski definition) is 3. The van der Waals surface area contributed by atoms with Gasteiger partial charge in [-0.15, -0.1) is 0 Å². The average Bonchev–Trinajstić information content (AvgIpc) is 3.15. The summed E-state index contributed by atoms with van der Waals surface area (Å²) in [6, 6.07) is 8.59. The number of hydrogen-bond donors (Lipinski definition) is 2. The van der Waals surface area contributed by atoms with Gasteiger partial charge in [-0.1, -0.05) is 31.2 Å². The molecule has 2 aliphatic heterocycles. The predicted octanol–water partition coefficient (Wildman–Crippen LogP) is 2.50. The number of nitrogens with two attached hydrogens (primary N) is 1. The molecule has 138 valence electrons. The summed E-state index contributed by atoms with van der Waals surface area (Å²) in [5.74, 6) is 1.38. The van der Waals surface area contributed by atoms with Crippen molar-refractivity contribution in [3.8, 4) is 0 Å². The van der Waals surface area contributed by atoms with E-state index in [1.807, 2.05) is 0 Å². The highest BCUT2D eigenvalue weighted by atomic mass is 16.5. The largest absolute Gasteiger partial charge is 0.376 e. The molecule has 0 spiro atoms. The molecule has 2 aliphatic rings. The lowest BCUT2D eigenvalue weighted by molar-refractivity contribution is 0.114. The minimum absolute atomic E-state index is 0.280. The van der Waals surface area contributed by atoms with Crippen LogP contribution in [0.2, 0.25) is 0 Å². The number of nitrogens with one attached hydrogen (secondary N) is 1. The van der Waals surface area contributed by atoms with Crippen LogP contribution >= 0.6 is 0 Å². The van der Waals surface area contributed by atoms with Crippen molar-refractivity contribution in [3.05, 3.63) is 35.4 Å². The monoisotopic (exact) mass is 344 g/mol. The Kier molecular flexibility index (Phi) is 6.70. The molecule has 2 fully saturated rings. The van der Waals surface area contributed by atoms with Gasteiger partial charge in [0.2, 0.25) is 0 Å². The van der Waals surface area contributed by atoms with E-state index >= 15 is 0 Å². The maximum Gasteiger partial charge on any atom is 0.189 e. The van der Waals surface area contributed by atoms with Crippen LogP contribution in [0.5, 0.6) is 0 Å². The zero-order chi connectivity index (χ0) is 17.5. The molecule has 0 aliphatic carbocycles. The summed E-state index contributed by atoms with van der Waals surface area (Å²) in [5.41, 5.74) is 8.66. The number of piperidine rings is 1. The molecule has 0 radical (unpaired) electrons. The van der Waals surface area contributed by atoms with Crippen LogP contribution in [-0.2, 0) is 17.8 Å². The number of likely N-dealkylation sites (tertiary alicyclic amines) is 1. The molecule has 5 heteroatoms. The lowest BCUT2D eigenvalue weighted by Gasteiger charge is -2.30. The lowest BCUT2D eigenvalue weighted by atomic mass is 9.98. The zero-order valence-corrected chi connectivity index (χ0v) is 15.4. The van der Waals surface area contributed by atoms with Crippen molar-refractivity contribution in [2.75, 3.05) is 26.2 Å². The molecule has 2 heterocycles. The summed E-state index contributed by atoms with van der Waals surface area (Å²) in [6.45, 7) is 8.02. The fourth-order valence-electron chi connectivity index (χ4n) is 3.58. The van der Waals surface area contributed by atoms with E-state index in [-0.39, 0.29) is 6.10 Å². The van der Waals surface area contributed by atoms with Crippen molar-refractivity contribution in [3.63, 3.8) is 0 Å². The Morgan fingerprint density at radius 3 is 2.72 bits per heavy atom. The fourth-order valence-corrected chi connectivity index (χ4v) is 3.58. The second kappa shape index (κ2) is 9.20. The molecule has 0 aromatic heterocycles. The third kappa shape index (κ3) is 5.72. The normalized spacial score (nSPS) is 23.1. The Labute approximate surface area is 151 Å². The van der Waals surface area contributed by atoms with Gasteiger partial charge in [0.05, 0.1) is 12.6 Å². The Balaban J connectivity index is 1.52. The minimum atomic E-state index is 0.280. The van der Waals surface area contributed by atoms with Gasteiger partial charge in [-0.25, -0.2) is 4.99 Å². The summed E-state index contributed by atoms with van der Waals surface area (Å²) in [6.07, 6.45) is 5.15. The van der Waals surface area contributed by atoms with Gasteiger partial charge < -0.3 is 15.8 Å². The Bertz CT molecular complexity index is 561. The molecule has 0 saturated carbocycles. The third-order valence-corrected chi connectivity index (χ3v) is 5.34. The van der Waals surface area contributed by atoms with Crippen LogP contribution in [0.25, 0.3) is 0 Å².